The Kier molecular flexibility index (Phi) is 6.17. The lowest BCUT2D eigenvalue weighted by molar-refractivity contribution is -0.129. The van der Waals surface area contributed by atoms with Gasteiger partial charge in [0.1, 0.15) is 12.1 Å². The first kappa shape index (κ1) is 19.4. The van der Waals surface area contributed by atoms with E-state index < -0.39 is 6.04 Å². The lowest BCUT2D eigenvalue weighted by atomic mass is 10.1. The van der Waals surface area contributed by atoms with Crippen molar-refractivity contribution in [1.29, 1.82) is 5.26 Å². The van der Waals surface area contributed by atoms with Crippen molar-refractivity contribution in [2.75, 3.05) is 18.5 Å². The lowest BCUT2D eigenvalue weighted by Crippen LogP contribution is -2.49. The van der Waals surface area contributed by atoms with Crippen molar-refractivity contribution >= 4 is 29.6 Å². The maximum absolute atomic E-state index is 13.1. The zero-order valence-corrected chi connectivity index (χ0v) is 15.6. The summed E-state index contributed by atoms with van der Waals surface area (Å²) < 4.78 is 5.86. The van der Waals surface area contributed by atoms with Crippen molar-refractivity contribution in [3.05, 3.63) is 28.3 Å². The first-order valence-corrected chi connectivity index (χ1v) is 8.52. The second-order valence-electron chi connectivity index (χ2n) is 6.43. The number of carbonyl (C=O) groups excluding carboxylic acids is 2. The number of nitriles is 1. The normalized spacial score (nSPS) is 20.5. The fourth-order valence-electron chi connectivity index (χ4n) is 3.14. The molecule has 25 heavy (non-hydrogen) atoms. The first-order valence-electron chi connectivity index (χ1n) is 8.15. The van der Waals surface area contributed by atoms with Crippen LogP contribution >= 0.6 is 11.6 Å². The molecule has 2 atom stereocenters. The van der Waals surface area contributed by atoms with E-state index in [1.165, 1.54) is 6.07 Å². The first-order chi connectivity index (χ1) is 11.8. The Hall–Kier alpha value is -1.94. The predicted molar refractivity (Wildman–Crippen MR) is 95.5 cm³/mol. The topological polar surface area (TPSA) is 73.6 Å². The minimum absolute atomic E-state index is 0.0115. The molecule has 1 aromatic rings. The molecule has 7 heteroatoms. The number of hydrogen-bond donors (Lipinski definition) is 0. The number of likely N-dealkylation sites (N-methyl/N-ethyl adjacent to an activating group) is 1. The molecule has 2 amide bonds. The molecule has 1 fully saturated rings. The lowest BCUT2D eigenvalue weighted by Gasteiger charge is -2.29. The Labute approximate surface area is 152 Å². The summed E-state index contributed by atoms with van der Waals surface area (Å²) in [5.74, 6) is -0.357. The Balaban J connectivity index is 2.37. The summed E-state index contributed by atoms with van der Waals surface area (Å²) in [6.07, 6.45) is 0.938. The van der Waals surface area contributed by atoms with Crippen molar-refractivity contribution in [2.45, 2.75) is 45.4 Å². The van der Waals surface area contributed by atoms with Gasteiger partial charge >= 0.3 is 0 Å². The number of halogens is 1. The van der Waals surface area contributed by atoms with E-state index in [2.05, 4.69) is 0 Å². The van der Waals surface area contributed by atoms with Crippen LogP contribution in [-0.4, -0.2) is 49.1 Å². The van der Waals surface area contributed by atoms with Crippen LogP contribution in [0.25, 0.3) is 0 Å². The van der Waals surface area contributed by atoms with Gasteiger partial charge in [-0.2, -0.15) is 5.26 Å². The van der Waals surface area contributed by atoms with Crippen LogP contribution in [0.5, 0.6) is 0 Å². The smallest absolute Gasteiger partial charge is 0.253 e. The largest absolute Gasteiger partial charge is 0.373 e. The number of ether oxygens (including phenoxy) is 1. The van der Waals surface area contributed by atoms with Gasteiger partial charge in [0.05, 0.1) is 28.5 Å². The van der Waals surface area contributed by atoms with Gasteiger partial charge in [0.15, 0.2) is 0 Å². The van der Waals surface area contributed by atoms with Crippen molar-refractivity contribution < 1.29 is 14.3 Å². The van der Waals surface area contributed by atoms with E-state index in [0.717, 1.165) is 11.3 Å². The average Bonchev–Trinajstić information content (AvgIpc) is 2.91. The molecule has 1 unspecified atom stereocenters. The summed E-state index contributed by atoms with van der Waals surface area (Å²) in [6.45, 7) is 6.24. The molecule has 134 valence electrons. The van der Waals surface area contributed by atoms with Crippen LogP contribution in [-0.2, 0) is 14.3 Å². The van der Waals surface area contributed by atoms with Crippen molar-refractivity contribution in [1.82, 2.24) is 4.90 Å². The third kappa shape index (κ3) is 3.84. The van der Waals surface area contributed by atoms with Crippen LogP contribution in [0.4, 0.5) is 5.69 Å². The summed E-state index contributed by atoms with van der Waals surface area (Å²) >= 11 is 6.18. The van der Waals surface area contributed by atoms with Gasteiger partial charge < -0.3 is 4.74 Å². The van der Waals surface area contributed by atoms with E-state index in [1.54, 1.807) is 13.0 Å². The summed E-state index contributed by atoms with van der Waals surface area (Å²) in [5.41, 5.74) is 1.20. The van der Waals surface area contributed by atoms with Gasteiger partial charge in [0, 0.05) is 6.54 Å². The van der Waals surface area contributed by atoms with Gasteiger partial charge in [-0.15, -0.1) is 0 Å². The maximum Gasteiger partial charge on any atom is 0.253 e. The summed E-state index contributed by atoms with van der Waals surface area (Å²) in [4.78, 5) is 27.7. The Morgan fingerprint density at radius 2 is 2.20 bits per heavy atom. The molecular formula is C18H22ClN3O3. The van der Waals surface area contributed by atoms with Crippen LogP contribution in [0.2, 0.25) is 5.02 Å². The van der Waals surface area contributed by atoms with Gasteiger partial charge in [-0.3, -0.25) is 19.4 Å². The second-order valence-corrected chi connectivity index (χ2v) is 6.81. The number of benzene rings is 1. The molecule has 1 saturated heterocycles. The molecule has 1 aliphatic heterocycles. The third-order valence-electron chi connectivity index (χ3n) is 4.37. The number of nitrogens with zero attached hydrogens (tertiary/aromatic N) is 3. The highest BCUT2D eigenvalue weighted by atomic mass is 35.5. The third-order valence-corrected chi connectivity index (χ3v) is 4.86. The molecular weight excluding hydrogens is 342 g/mol. The molecule has 0 bridgehead atoms. The number of hydrogen-bond acceptors (Lipinski definition) is 5. The zero-order chi connectivity index (χ0) is 18.7. The number of imide groups is 1. The molecule has 1 aromatic carbocycles. The van der Waals surface area contributed by atoms with Crippen LogP contribution < -0.4 is 4.90 Å². The number of anilines is 1. The van der Waals surface area contributed by atoms with Crippen molar-refractivity contribution in [3.8, 4) is 6.07 Å². The Bertz CT molecular complexity index is 714. The maximum atomic E-state index is 13.1. The van der Waals surface area contributed by atoms with E-state index in [0.29, 0.717) is 29.8 Å². The van der Waals surface area contributed by atoms with Crippen LogP contribution in [0.15, 0.2) is 12.1 Å². The number of rotatable bonds is 5. The van der Waals surface area contributed by atoms with Gasteiger partial charge in [-0.25, -0.2) is 0 Å². The molecule has 0 radical (unpaired) electrons. The minimum atomic E-state index is -0.540. The van der Waals surface area contributed by atoms with Crippen LogP contribution in [0.1, 0.15) is 31.4 Å². The fourth-order valence-corrected chi connectivity index (χ4v) is 3.35. The summed E-state index contributed by atoms with van der Waals surface area (Å²) in [6, 6.07) is 4.53. The molecule has 6 nitrogen and oxygen atoms in total. The van der Waals surface area contributed by atoms with Crippen LogP contribution in [0, 0.1) is 18.3 Å². The highest BCUT2D eigenvalue weighted by molar-refractivity contribution is 6.33. The molecule has 0 saturated carbocycles. The highest BCUT2D eigenvalue weighted by Crippen LogP contribution is 2.31. The van der Waals surface area contributed by atoms with E-state index in [1.807, 2.05) is 31.9 Å². The molecule has 0 N–H and O–H groups in total. The number of carbonyl (C=O) groups is 2. The molecule has 2 rings (SSSR count). The number of likely N-dealkylation sites (tertiary alicyclic amines) is 1. The predicted octanol–water partition coefficient (Wildman–Crippen LogP) is 2.51. The molecule has 0 aromatic heterocycles. The monoisotopic (exact) mass is 363 g/mol. The molecule has 0 aliphatic carbocycles. The summed E-state index contributed by atoms with van der Waals surface area (Å²) in [7, 11) is 1.84. The van der Waals surface area contributed by atoms with Crippen molar-refractivity contribution in [2.24, 2.45) is 0 Å². The Morgan fingerprint density at radius 1 is 1.52 bits per heavy atom. The fraction of sp³-hybridized carbons (Fsp3) is 0.500. The van der Waals surface area contributed by atoms with E-state index in [4.69, 9.17) is 21.6 Å². The van der Waals surface area contributed by atoms with E-state index >= 15 is 0 Å². The second kappa shape index (κ2) is 7.96. The molecule has 1 aliphatic rings. The quantitative estimate of drug-likeness (QED) is 0.751. The van der Waals surface area contributed by atoms with Gasteiger partial charge in [0.25, 0.3) is 5.91 Å². The molecule has 1 heterocycles. The standard InChI is InChI=1S/C18H22ClN3O3/c1-11(2)25-15-7-8-21(4)17(15)18(24)22(10-23)14-6-5-13(9-20)16(19)12(14)3/h5-6,10-11,15,17H,7-8H2,1-4H3/t15-,17?/m1/s1. The highest BCUT2D eigenvalue weighted by Gasteiger charge is 2.41. The van der Waals surface area contributed by atoms with Crippen LogP contribution in [0.3, 0.4) is 0 Å². The zero-order valence-electron chi connectivity index (χ0n) is 14.8. The molecule has 0 spiro atoms. The Morgan fingerprint density at radius 3 is 2.76 bits per heavy atom. The van der Waals surface area contributed by atoms with E-state index in [9.17, 15) is 9.59 Å². The summed E-state index contributed by atoms with van der Waals surface area (Å²) in [5, 5.41) is 9.30. The number of amides is 2. The minimum Gasteiger partial charge on any atom is -0.373 e. The van der Waals surface area contributed by atoms with E-state index in [-0.39, 0.29) is 23.1 Å². The van der Waals surface area contributed by atoms with Gasteiger partial charge in [-0.05, 0) is 51.9 Å². The van der Waals surface area contributed by atoms with Gasteiger partial charge in [-0.1, -0.05) is 11.6 Å². The van der Waals surface area contributed by atoms with Gasteiger partial charge in [0.2, 0.25) is 6.41 Å². The SMILES string of the molecule is Cc1c(N(C=O)C(=O)C2[C@H](OC(C)C)CCN2C)ccc(C#N)c1Cl. The van der Waals surface area contributed by atoms with Crippen molar-refractivity contribution in [3.63, 3.8) is 0 Å². The average molecular weight is 364 g/mol.